The van der Waals surface area contributed by atoms with Crippen LogP contribution in [0.5, 0.6) is 0 Å². The monoisotopic (exact) mass is 281 g/mol. The summed E-state index contributed by atoms with van der Waals surface area (Å²) < 4.78 is 0. The summed E-state index contributed by atoms with van der Waals surface area (Å²) in [5.74, 6) is 0. The molecule has 0 radical (unpaired) electrons. The van der Waals surface area contributed by atoms with Gasteiger partial charge in [-0.05, 0) is 26.1 Å². The second-order valence-corrected chi connectivity index (χ2v) is 5.69. The van der Waals surface area contributed by atoms with Crippen LogP contribution in [0.25, 0.3) is 0 Å². The largest absolute Gasteiger partial charge is 0.398 e. The minimum Gasteiger partial charge on any atom is -0.398 e. The van der Waals surface area contributed by atoms with Crippen LogP contribution in [0.4, 0.5) is 5.69 Å². The van der Waals surface area contributed by atoms with Gasteiger partial charge in [0.25, 0.3) is 0 Å². The van der Waals surface area contributed by atoms with Crippen molar-refractivity contribution in [2.45, 2.75) is 20.0 Å². The van der Waals surface area contributed by atoms with Gasteiger partial charge >= 0.3 is 0 Å². The van der Waals surface area contributed by atoms with Crippen molar-refractivity contribution in [2.75, 3.05) is 12.8 Å². The van der Waals surface area contributed by atoms with Crippen molar-refractivity contribution in [2.24, 2.45) is 0 Å². The summed E-state index contributed by atoms with van der Waals surface area (Å²) in [7, 11) is 2.06. The van der Waals surface area contributed by atoms with Gasteiger partial charge in [0.05, 0.1) is 11.2 Å². The van der Waals surface area contributed by atoms with Gasteiger partial charge in [0.2, 0.25) is 0 Å². The number of aromatic nitrogens is 1. The van der Waals surface area contributed by atoms with Crippen LogP contribution in [-0.2, 0) is 13.1 Å². The van der Waals surface area contributed by atoms with Crippen molar-refractivity contribution in [3.63, 3.8) is 0 Å². The van der Waals surface area contributed by atoms with E-state index in [9.17, 15) is 0 Å². The number of benzene rings is 1. The Bertz CT molecular complexity index is 519. The van der Waals surface area contributed by atoms with E-state index in [0.29, 0.717) is 0 Å². The maximum Gasteiger partial charge on any atom is 0.0798 e. The number of nitrogen functional groups attached to an aromatic ring is 1. The molecule has 96 valence electrons. The highest BCUT2D eigenvalue weighted by atomic mass is 35.5. The molecule has 0 aliphatic rings. The Morgan fingerprint density at radius 3 is 2.78 bits per heavy atom. The van der Waals surface area contributed by atoms with Gasteiger partial charge < -0.3 is 5.73 Å². The molecule has 2 rings (SSSR count). The Hall–Kier alpha value is -1.10. The zero-order valence-electron chi connectivity index (χ0n) is 10.5. The van der Waals surface area contributed by atoms with Crippen LogP contribution in [0, 0.1) is 6.92 Å². The number of hydrogen-bond acceptors (Lipinski definition) is 4. The van der Waals surface area contributed by atoms with Crippen molar-refractivity contribution < 1.29 is 0 Å². The lowest BCUT2D eigenvalue weighted by molar-refractivity contribution is 0.321. The first-order valence-electron chi connectivity index (χ1n) is 5.68. The van der Waals surface area contributed by atoms with Gasteiger partial charge in [-0.25, -0.2) is 4.98 Å². The summed E-state index contributed by atoms with van der Waals surface area (Å²) in [6, 6.07) is 5.63. The predicted octanol–water partition coefficient (Wildman–Crippen LogP) is 3.32. The van der Waals surface area contributed by atoms with E-state index in [1.54, 1.807) is 11.3 Å². The van der Waals surface area contributed by atoms with Crippen LogP contribution in [0.1, 0.15) is 16.1 Å². The van der Waals surface area contributed by atoms with Crippen LogP contribution in [-0.4, -0.2) is 16.9 Å². The van der Waals surface area contributed by atoms with Crippen molar-refractivity contribution in [1.82, 2.24) is 9.88 Å². The summed E-state index contributed by atoms with van der Waals surface area (Å²) in [6.07, 6.45) is 0. The van der Waals surface area contributed by atoms with Gasteiger partial charge in [-0.15, -0.1) is 11.3 Å². The first-order valence-corrected chi connectivity index (χ1v) is 6.94. The summed E-state index contributed by atoms with van der Waals surface area (Å²) in [6.45, 7) is 3.63. The van der Waals surface area contributed by atoms with Crippen molar-refractivity contribution in [1.29, 1.82) is 0 Å². The summed E-state index contributed by atoms with van der Waals surface area (Å²) in [5.41, 5.74) is 10.7. The summed E-state index contributed by atoms with van der Waals surface area (Å²) in [4.78, 5) is 7.73. The number of aryl methyl sites for hydroxylation is 1. The SMILES string of the molecule is Cc1ncsc1CN(C)Cc1c(N)cccc1Cl. The highest BCUT2D eigenvalue weighted by molar-refractivity contribution is 7.09. The third kappa shape index (κ3) is 3.02. The molecule has 2 N–H and O–H groups in total. The molecule has 0 saturated heterocycles. The molecule has 0 unspecified atom stereocenters. The van der Waals surface area contributed by atoms with Crippen LogP contribution < -0.4 is 5.73 Å². The number of halogens is 1. The number of anilines is 1. The minimum absolute atomic E-state index is 0.725. The van der Waals surface area contributed by atoms with E-state index in [1.165, 1.54) is 4.88 Å². The van der Waals surface area contributed by atoms with Crippen molar-refractivity contribution >= 4 is 28.6 Å². The van der Waals surface area contributed by atoms with E-state index < -0.39 is 0 Å². The van der Waals surface area contributed by atoms with Crippen LogP contribution in [0.2, 0.25) is 5.02 Å². The van der Waals surface area contributed by atoms with E-state index in [1.807, 2.05) is 30.6 Å². The fourth-order valence-electron chi connectivity index (χ4n) is 1.79. The molecule has 0 atom stereocenters. The molecule has 3 nitrogen and oxygen atoms in total. The Morgan fingerprint density at radius 1 is 1.39 bits per heavy atom. The molecule has 5 heteroatoms. The van der Waals surface area contributed by atoms with Crippen LogP contribution in [0.3, 0.4) is 0 Å². The molecule has 0 amide bonds. The quantitative estimate of drug-likeness (QED) is 0.874. The topological polar surface area (TPSA) is 42.2 Å². The molecular weight excluding hydrogens is 266 g/mol. The normalized spacial score (nSPS) is 11.1. The number of rotatable bonds is 4. The Kier molecular flexibility index (Phi) is 4.22. The zero-order valence-corrected chi connectivity index (χ0v) is 12.1. The Balaban J connectivity index is 2.08. The van der Waals surface area contributed by atoms with Gasteiger partial charge in [-0.2, -0.15) is 0 Å². The maximum atomic E-state index is 6.17. The highest BCUT2D eigenvalue weighted by Crippen LogP contribution is 2.24. The molecule has 0 bridgehead atoms. The molecule has 2 aromatic rings. The predicted molar refractivity (Wildman–Crippen MR) is 77.9 cm³/mol. The molecule has 18 heavy (non-hydrogen) atoms. The van der Waals surface area contributed by atoms with Gasteiger partial charge in [0.15, 0.2) is 0 Å². The lowest BCUT2D eigenvalue weighted by Gasteiger charge is -2.18. The maximum absolute atomic E-state index is 6.17. The molecule has 0 fully saturated rings. The second-order valence-electron chi connectivity index (χ2n) is 4.34. The molecule has 1 aromatic carbocycles. The number of nitrogens with two attached hydrogens (primary N) is 1. The highest BCUT2D eigenvalue weighted by Gasteiger charge is 2.10. The van der Waals surface area contributed by atoms with E-state index in [-0.39, 0.29) is 0 Å². The minimum atomic E-state index is 0.725. The van der Waals surface area contributed by atoms with Gasteiger partial charge in [0.1, 0.15) is 0 Å². The Morgan fingerprint density at radius 2 is 2.17 bits per heavy atom. The summed E-state index contributed by atoms with van der Waals surface area (Å²) >= 11 is 7.85. The molecule has 0 saturated carbocycles. The zero-order chi connectivity index (χ0) is 13.1. The van der Waals surface area contributed by atoms with Gasteiger partial charge in [-0.1, -0.05) is 17.7 Å². The van der Waals surface area contributed by atoms with Gasteiger partial charge in [-0.3, -0.25) is 4.90 Å². The van der Waals surface area contributed by atoms with Gasteiger partial charge in [0, 0.05) is 34.2 Å². The van der Waals surface area contributed by atoms with Crippen molar-refractivity contribution in [3.05, 3.63) is 44.9 Å². The molecular formula is C13H16ClN3S. The van der Waals surface area contributed by atoms with E-state index in [0.717, 1.165) is 35.1 Å². The first-order chi connectivity index (χ1) is 8.58. The third-order valence-electron chi connectivity index (χ3n) is 2.84. The van der Waals surface area contributed by atoms with E-state index >= 15 is 0 Å². The lowest BCUT2D eigenvalue weighted by atomic mass is 10.1. The fourth-order valence-corrected chi connectivity index (χ4v) is 2.89. The second kappa shape index (κ2) is 5.69. The lowest BCUT2D eigenvalue weighted by Crippen LogP contribution is -2.18. The van der Waals surface area contributed by atoms with Crippen LogP contribution in [0.15, 0.2) is 23.7 Å². The average molecular weight is 282 g/mol. The fraction of sp³-hybridized carbons (Fsp3) is 0.308. The number of nitrogens with zero attached hydrogens (tertiary/aromatic N) is 2. The van der Waals surface area contributed by atoms with Crippen molar-refractivity contribution in [3.8, 4) is 0 Å². The summed E-state index contributed by atoms with van der Waals surface area (Å²) in [5, 5.41) is 0.725. The third-order valence-corrected chi connectivity index (χ3v) is 4.12. The average Bonchev–Trinajstić information content (AvgIpc) is 2.70. The number of thiazole rings is 1. The van der Waals surface area contributed by atoms with E-state index in [2.05, 4.69) is 16.9 Å². The molecule has 1 heterocycles. The molecule has 0 aliphatic carbocycles. The molecule has 0 spiro atoms. The number of hydrogen-bond donors (Lipinski definition) is 1. The smallest absolute Gasteiger partial charge is 0.0798 e. The molecule has 0 aliphatic heterocycles. The van der Waals surface area contributed by atoms with E-state index in [4.69, 9.17) is 17.3 Å². The standard InChI is InChI=1S/C13H16ClN3S/c1-9-13(18-8-16-9)7-17(2)6-10-11(14)4-3-5-12(10)15/h3-5,8H,6-7,15H2,1-2H3. The first kappa shape index (κ1) is 13.3. The molecule has 1 aromatic heterocycles. The Labute approximate surface area is 116 Å². The van der Waals surface area contributed by atoms with Crippen LogP contribution >= 0.6 is 22.9 Å².